The Morgan fingerprint density at radius 3 is 2.77 bits per heavy atom. The van der Waals surface area contributed by atoms with Crippen molar-refractivity contribution in [2.45, 2.75) is 70.9 Å². The fourth-order valence-corrected chi connectivity index (χ4v) is 4.01. The van der Waals surface area contributed by atoms with Gasteiger partial charge in [-0.25, -0.2) is 0 Å². The van der Waals surface area contributed by atoms with Gasteiger partial charge in [0.2, 0.25) is 0 Å². The summed E-state index contributed by atoms with van der Waals surface area (Å²) in [6.07, 6.45) is 10.4. The van der Waals surface area contributed by atoms with Gasteiger partial charge in [0.05, 0.1) is 10.5 Å². The van der Waals surface area contributed by atoms with Gasteiger partial charge >= 0.3 is 0 Å². The van der Waals surface area contributed by atoms with Crippen molar-refractivity contribution < 1.29 is 5.11 Å². The van der Waals surface area contributed by atoms with E-state index in [2.05, 4.69) is 11.9 Å². The molecule has 1 N–H and O–H groups in total. The first-order valence-corrected chi connectivity index (χ1v) is 10.1. The van der Waals surface area contributed by atoms with Crippen molar-refractivity contribution in [1.82, 2.24) is 4.57 Å². The number of hydrogen-bond donors (Lipinski definition) is 1. The van der Waals surface area contributed by atoms with Crippen molar-refractivity contribution in [3.05, 3.63) is 39.1 Å². The Hall–Kier alpha value is -1.81. The van der Waals surface area contributed by atoms with Crippen LogP contribution in [0.3, 0.4) is 0 Å². The molecule has 0 radical (unpaired) electrons. The highest BCUT2D eigenvalue weighted by Crippen LogP contribution is 2.31. The molecule has 140 valence electrons. The molecule has 1 aromatic heterocycles. The highest BCUT2D eigenvalue weighted by atomic mass is 35.5. The number of halogens is 1. The predicted molar refractivity (Wildman–Crippen MR) is 109 cm³/mol. The van der Waals surface area contributed by atoms with Crippen molar-refractivity contribution in [2.24, 2.45) is 4.99 Å². The van der Waals surface area contributed by atoms with E-state index < -0.39 is 0 Å². The van der Waals surface area contributed by atoms with Crippen molar-refractivity contribution in [3.63, 3.8) is 0 Å². The second kappa shape index (κ2) is 8.72. The van der Waals surface area contributed by atoms with Crippen LogP contribution in [0.5, 0.6) is 5.75 Å². The summed E-state index contributed by atoms with van der Waals surface area (Å²) < 4.78 is 1.70. The monoisotopic (exact) mass is 374 g/mol. The van der Waals surface area contributed by atoms with E-state index in [-0.39, 0.29) is 22.9 Å². The Bertz CT molecular complexity index is 851. The Morgan fingerprint density at radius 2 is 2.04 bits per heavy atom. The number of nitrogens with zero attached hydrogens (tertiary/aromatic N) is 2. The second-order valence-corrected chi connectivity index (χ2v) is 7.54. The summed E-state index contributed by atoms with van der Waals surface area (Å²) in [6, 6.07) is 5.62. The normalized spacial score (nSPS) is 15.9. The van der Waals surface area contributed by atoms with E-state index >= 15 is 0 Å². The Kier molecular flexibility index (Phi) is 6.36. The Morgan fingerprint density at radius 1 is 1.27 bits per heavy atom. The molecular formula is C21H27ClN2O2. The molecule has 5 heteroatoms. The van der Waals surface area contributed by atoms with E-state index in [1.54, 1.807) is 22.9 Å². The fourth-order valence-electron chi connectivity index (χ4n) is 3.73. The van der Waals surface area contributed by atoms with Crippen LogP contribution in [-0.4, -0.2) is 21.9 Å². The molecule has 2 aromatic rings. The molecule has 0 aliphatic heterocycles. The standard InChI is InChI=1S/C21H27ClN2O2/c1-2-3-7-13-24-19-16(11-8-12-18(19)22)20(25)17(21(24)26)14-23-15-9-5-4-6-10-15/h8,11-12,14-15,25H,2-7,9-10,13H2,1H3. The highest BCUT2D eigenvalue weighted by Gasteiger charge is 2.18. The number of aliphatic imine (C=N–C) groups is 1. The summed E-state index contributed by atoms with van der Waals surface area (Å²) in [5.74, 6) is -0.0150. The minimum Gasteiger partial charge on any atom is -0.506 e. The van der Waals surface area contributed by atoms with E-state index in [0.29, 0.717) is 22.5 Å². The number of rotatable bonds is 6. The van der Waals surface area contributed by atoms with Crippen molar-refractivity contribution in [1.29, 1.82) is 0 Å². The van der Waals surface area contributed by atoms with E-state index in [4.69, 9.17) is 11.6 Å². The van der Waals surface area contributed by atoms with Crippen LogP contribution in [0.4, 0.5) is 0 Å². The van der Waals surface area contributed by atoms with Gasteiger partial charge in [0.15, 0.2) is 0 Å². The van der Waals surface area contributed by atoms with Crippen LogP contribution in [-0.2, 0) is 6.54 Å². The highest BCUT2D eigenvalue weighted by molar-refractivity contribution is 6.35. The zero-order valence-corrected chi connectivity index (χ0v) is 16.1. The Labute approximate surface area is 159 Å². The predicted octanol–water partition coefficient (Wildman–Crippen LogP) is 5.30. The molecule has 1 heterocycles. The third kappa shape index (κ3) is 3.96. The van der Waals surface area contributed by atoms with Gasteiger partial charge in [-0.2, -0.15) is 0 Å². The summed E-state index contributed by atoms with van der Waals surface area (Å²) in [6.45, 7) is 2.73. The molecule has 1 saturated carbocycles. The summed E-state index contributed by atoms with van der Waals surface area (Å²) in [4.78, 5) is 17.7. The van der Waals surface area contributed by atoms with Crippen LogP contribution in [0.25, 0.3) is 10.9 Å². The van der Waals surface area contributed by atoms with Crippen LogP contribution in [0.15, 0.2) is 28.0 Å². The summed E-state index contributed by atoms with van der Waals surface area (Å²) in [7, 11) is 0. The molecule has 26 heavy (non-hydrogen) atoms. The second-order valence-electron chi connectivity index (χ2n) is 7.13. The quantitative estimate of drug-likeness (QED) is 0.550. The lowest BCUT2D eigenvalue weighted by atomic mass is 9.96. The smallest absolute Gasteiger partial charge is 0.263 e. The third-order valence-electron chi connectivity index (χ3n) is 5.22. The molecule has 0 unspecified atom stereocenters. The number of aryl methyl sites for hydroxylation is 1. The first-order chi connectivity index (χ1) is 12.6. The van der Waals surface area contributed by atoms with E-state index in [1.165, 1.54) is 19.3 Å². The minimum atomic E-state index is -0.209. The van der Waals surface area contributed by atoms with Gasteiger partial charge in [0.25, 0.3) is 5.56 Å². The zero-order chi connectivity index (χ0) is 18.5. The van der Waals surface area contributed by atoms with Gasteiger partial charge in [-0.15, -0.1) is 0 Å². The molecule has 3 rings (SSSR count). The van der Waals surface area contributed by atoms with Gasteiger partial charge in [-0.3, -0.25) is 9.79 Å². The molecule has 0 saturated heterocycles. The maximum atomic E-state index is 13.1. The lowest BCUT2D eigenvalue weighted by molar-refractivity contribution is 0.444. The molecule has 4 nitrogen and oxygen atoms in total. The van der Waals surface area contributed by atoms with Gasteiger partial charge in [0, 0.05) is 24.2 Å². The maximum Gasteiger partial charge on any atom is 0.263 e. The number of para-hydroxylation sites is 1. The lowest BCUT2D eigenvalue weighted by Gasteiger charge is -2.18. The molecule has 1 aliphatic rings. The number of aromatic hydroxyl groups is 1. The van der Waals surface area contributed by atoms with Crippen LogP contribution < -0.4 is 5.56 Å². The molecule has 1 aromatic carbocycles. The van der Waals surface area contributed by atoms with Crippen LogP contribution in [0.2, 0.25) is 5.02 Å². The number of pyridine rings is 1. The third-order valence-corrected chi connectivity index (χ3v) is 5.52. The number of fused-ring (bicyclic) bond motifs is 1. The topological polar surface area (TPSA) is 54.6 Å². The Balaban J connectivity index is 2.07. The summed E-state index contributed by atoms with van der Waals surface area (Å²) in [5, 5.41) is 11.8. The molecule has 0 spiro atoms. The fraction of sp³-hybridized carbons (Fsp3) is 0.524. The number of unbranched alkanes of at least 4 members (excludes halogenated alkanes) is 2. The van der Waals surface area contributed by atoms with Gasteiger partial charge in [0.1, 0.15) is 11.3 Å². The molecule has 0 amide bonds. The summed E-state index contributed by atoms with van der Waals surface area (Å²) >= 11 is 6.37. The SMILES string of the molecule is CCCCCn1c(=O)c(C=NC2CCCCC2)c(O)c2cccc(Cl)c21. The molecule has 0 atom stereocenters. The zero-order valence-electron chi connectivity index (χ0n) is 15.4. The van der Waals surface area contributed by atoms with Crippen LogP contribution >= 0.6 is 11.6 Å². The van der Waals surface area contributed by atoms with Crippen LogP contribution in [0.1, 0.15) is 63.9 Å². The van der Waals surface area contributed by atoms with E-state index in [0.717, 1.165) is 32.1 Å². The molecule has 0 bridgehead atoms. The number of aromatic nitrogens is 1. The largest absolute Gasteiger partial charge is 0.506 e. The van der Waals surface area contributed by atoms with E-state index in [9.17, 15) is 9.90 Å². The lowest BCUT2D eigenvalue weighted by Crippen LogP contribution is -2.25. The van der Waals surface area contributed by atoms with Crippen molar-refractivity contribution in [3.8, 4) is 5.75 Å². The first kappa shape index (κ1) is 19.0. The first-order valence-electron chi connectivity index (χ1n) is 9.70. The molecule has 1 fully saturated rings. The van der Waals surface area contributed by atoms with E-state index in [1.807, 2.05) is 6.07 Å². The average Bonchev–Trinajstić information content (AvgIpc) is 2.65. The molecule has 1 aliphatic carbocycles. The average molecular weight is 375 g/mol. The van der Waals surface area contributed by atoms with Gasteiger partial charge < -0.3 is 9.67 Å². The number of benzene rings is 1. The minimum absolute atomic E-state index is 0.0150. The summed E-state index contributed by atoms with van der Waals surface area (Å²) in [5.41, 5.74) is 0.684. The van der Waals surface area contributed by atoms with Crippen molar-refractivity contribution in [2.75, 3.05) is 0 Å². The van der Waals surface area contributed by atoms with Crippen LogP contribution in [0, 0.1) is 0 Å². The van der Waals surface area contributed by atoms with Crippen molar-refractivity contribution >= 4 is 28.7 Å². The van der Waals surface area contributed by atoms with Gasteiger partial charge in [-0.05, 0) is 31.4 Å². The van der Waals surface area contributed by atoms with Gasteiger partial charge in [-0.1, -0.05) is 56.7 Å². The molecular weight excluding hydrogens is 348 g/mol. The maximum absolute atomic E-state index is 13.1. The number of hydrogen-bond acceptors (Lipinski definition) is 3.